The lowest BCUT2D eigenvalue weighted by molar-refractivity contribution is -0.384. The van der Waals surface area contributed by atoms with Crippen LogP contribution in [0.2, 0.25) is 0 Å². The number of benzene rings is 3. The molecule has 3 aromatic carbocycles. The number of hydrogen-bond donors (Lipinski definition) is 0. The quantitative estimate of drug-likeness (QED) is 0.114. The fourth-order valence-corrected chi connectivity index (χ4v) is 7.47. The van der Waals surface area contributed by atoms with Gasteiger partial charge < -0.3 is 4.18 Å². The second-order valence-electron chi connectivity index (χ2n) is 11.3. The van der Waals surface area contributed by atoms with Crippen molar-refractivity contribution < 1.29 is 36.7 Å². The molecule has 4 atom stereocenters. The lowest BCUT2D eigenvalue weighted by Crippen LogP contribution is -2.52. The zero-order chi connectivity index (χ0) is 31.3. The Morgan fingerprint density at radius 1 is 0.886 bits per heavy atom. The molecule has 0 spiro atoms. The maximum Gasteiger partial charge on any atom is 0.339 e. The molecule has 1 saturated heterocycles. The highest BCUT2D eigenvalue weighted by atomic mass is 32.2. The monoisotopic (exact) mass is 617 g/mol. The first-order valence-electron chi connectivity index (χ1n) is 14.0. The number of hydrazine groups is 1. The maximum absolute atomic E-state index is 13.7. The van der Waals surface area contributed by atoms with Gasteiger partial charge in [-0.05, 0) is 86.6 Å². The van der Waals surface area contributed by atoms with Crippen molar-refractivity contribution in [3.8, 4) is 5.75 Å². The summed E-state index contributed by atoms with van der Waals surface area (Å²) in [5.41, 5.74) is 0.649. The third kappa shape index (κ3) is 5.12. The van der Waals surface area contributed by atoms with Gasteiger partial charge in [0, 0.05) is 23.3 Å². The van der Waals surface area contributed by atoms with Crippen molar-refractivity contribution >= 4 is 39.3 Å². The number of nitro benzene ring substituents is 1. The molecule has 3 aliphatic rings. The van der Waals surface area contributed by atoms with Crippen LogP contribution >= 0.6 is 0 Å². The molecule has 6 rings (SSSR count). The van der Waals surface area contributed by atoms with Crippen LogP contribution in [-0.4, -0.2) is 53.4 Å². The molecule has 2 bridgehead atoms. The number of aryl methyl sites for hydroxylation is 1. The van der Waals surface area contributed by atoms with Crippen LogP contribution in [0.1, 0.15) is 45.5 Å². The molecule has 1 aliphatic heterocycles. The molecule has 2 aliphatic carbocycles. The van der Waals surface area contributed by atoms with Crippen LogP contribution in [0.5, 0.6) is 5.75 Å². The van der Waals surface area contributed by atoms with Gasteiger partial charge in [-0.3, -0.25) is 29.3 Å². The smallest absolute Gasteiger partial charge is 0.339 e. The number of Topliss-reactive ketones (excluding diaryl/α,β-unsaturated/α-hetero) is 1. The Bertz CT molecular complexity index is 1760. The molecule has 0 aromatic heterocycles. The Kier molecular flexibility index (Phi) is 7.28. The SMILES string of the molecule is Cc1ccc(S(=O)(=O)Oc2ccc(C(=O)CN(C(=O)c3ccc([N+](=O)[O-])cc3)N3C(=O)[C@@H]4[C@H]5CC[C@@H](C5)[C@@H]4C3=O)cc2)cc1. The van der Waals surface area contributed by atoms with Crippen LogP contribution in [-0.2, 0) is 19.7 Å². The fraction of sp³-hybridized carbons (Fsp3) is 0.290. The van der Waals surface area contributed by atoms with Gasteiger partial charge in [-0.15, -0.1) is 0 Å². The first-order valence-corrected chi connectivity index (χ1v) is 15.4. The van der Waals surface area contributed by atoms with E-state index in [0.29, 0.717) is 0 Å². The van der Waals surface area contributed by atoms with E-state index < -0.39 is 56.9 Å². The number of nitro groups is 1. The van der Waals surface area contributed by atoms with Gasteiger partial charge in [-0.25, -0.2) is 5.01 Å². The van der Waals surface area contributed by atoms with E-state index in [0.717, 1.165) is 47.0 Å². The molecule has 1 heterocycles. The molecule has 0 N–H and O–H groups in total. The van der Waals surface area contributed by atoms with Crippen LogP contribution in [0.15, 0.2) is 77.7 Å². The predicted octanol–water partition coefficient (Wildman–Crippen LogP) is 3.94. The van der Waals surface area contributed by atoms with E-state index in [-0.39, 0.29) is 39.3 Å². The summed E-state index contributed by atoms with van der Waals surface area (Å²) in [4.78, 5) is 64.7. The number of ketones is 1. The van der Waals surface area contributed by atoms with Crippen LogP contribution in [0.3, 0.4) is 0 Å². The standard InChI is InChI=1S/C31H27N3O9S/c1-18-2-14-25(15-3-18)44(41,42)43-24-12-8-19(9-13-24)26(35)17-32(29(36)20-6-10-23(11-7-20)34(39)40)33-30(37)27-21-4-5-22(16-21)28(27)31(33)38/h2-3,6-15,21-22,27-28H,4-5,16-17H2,1H3/t21-,22-,27-,28+/m0/s1. The molecule has 44 heavy (non-hydrogen) atoms. The Balaban J connectivity index is 1.25. The molecule has 0 unspecified atom stereocenters. The second-order valence-corrected chi connectivity index (χ2v) is 12.9. The minimum Gasteiger partial charge on any atom is -0.379 e. The van der Waals surface area contributed by atoms with Crippen LogP contribution in [0, 0.1) is 40.7 Å². The summed E-state index contributed by atoms with van der Waals surface area (Å²) < 4.78 is 30.5. The van der Waals surface area contributed by atoms with Gasteiger partial charge >= 0.3 is 10.1 Å². The van der Waals surface area contributed by atoms with Crippen LogP contribution < -0.4 is 4.18 Å². The average molecular weight is 618 g/mol. The number of carbonyl (C=O) groups excluding carboxylic acids is 4. The largest absolute Gasteiger partial charge is 0.379 e. The molecular formula is C31H27N3O9S. The number of nitrogens with zero attached hydrogens (tertiary/aromatic N) is 3. The van der Waals surface area contributed by atoms with Crippen molar-refractivity contribution in [2.45, 2.75) is 31.1 Å². The Morgan fingerprint density at radius 2 is 1.43 bits per heavy atom. The van der Waals surface area contributed by atoms with Gasteiger partial charge in [0.1, 0.15) is 17.2 Å². The van der Waals surface area contributed by atoms with Gasteiger partial charge in [0.2, 0.25) is 0 Å². The summed E-state index contributed by atoms with van der Waals surface area (Å²) >= 11 is 0. The zero-order valence-corrected chi connectivity index (χ0v) is 24.3. The number of imide groups is 1. The van der Waals surface area contributed by atoms with Crippen LogP contribution in [0.4, 0.5) is 5.69 Å². The van der Waals surface area contributed by atoms with E-state index in [4.69, 9.17) is 4.18 Å². The first-order chi connectivity index (χ1) is 20.9. The van der Waals surface area contributed by atoms with Crippen LogP contribution in [0.25, 0.3) is 0 Å². The van der Waals surface area contributed by atoms with Crippen molar-refractivity contribution in [3.63, 3.8) is 0 Å². The summed E-state index contributed by atoms with van der Waals surface area (Å²) in [5.74, 6) is -3.58. The number of amides is 3. The predicted molar refractivity (Wildman–Crippen MR) is 154 cm³/mol. The molecule has 226 valence electrons. The highest BCUT2D eigenvalue weighted by molar-refractivity contribution is 7.87. The molecule has 12 nitrogen and oxygen atoms in total. The molecule has 13 heteroatoms. The molecule has 0 radical (unpaired) electrons. The topological polar surface area (TPSA) is 161 Å². The first kappa shape index (κ1) is 29.2. The fourth-order valence-electron chi connectivity index (χ4n) is 6.54. The highest BCUT2D eigenvalue weighted by Gasteiger charge is 2.62. The van der Waals surface area contributed by atoms with E-state index in [1.54, 1.807) is 12.1 Å². The normalized spacial score (nSPS) is 22.2. The summed E-state index contributed by atoms with van der Waals surface area (Å²) in [6.45, 7) is 1.14. The summed E-state index contributed by atoms with van der Waals surface area (Å²) in [7, 11) is -4.13. The van der Waals surface area contributed by atoms with E-state index in [2.05, 4.69) is 0 Å². The maximum atomic E-state index is 13.7. The number of non-ortho nitro benzene ring substituents is 1. The Labute approximate surface area is 252 Å². The number of carbonyl (C=O) groups is 4. The number of rotatable bonds is 9. The van der Waals surface area contributed by atoms with E-state index >= 15 is 0 Å². The van der Waals surface area contributed by atoms with E-state index in [9.17, 15) is 37.7 Å². The van der Waals surface area contributed by atoms with Gasteiger partial charge in [0.25, 0.3) is 23.4 Å². The highest BCUT2D eigenvalue weighted by Crippen LogP contribution is 2.56. The third-order valence-electron chi connectivity index (χ3n) is 8.69. The molecule has 3 fully saturated rings. The molecule has 3 aromatic rings. The minimum atomic E-state index is -4.13. The average Bonchev–Trinajstić information content (AvgIpc) is 3.69. The van der Waals surface area contributed by atoms with Gasteiger partial charge in [-0.2, -0.15) is 13.4 Å². The van der Waals surface area contributed by atoms with Crippen molar-refractivity contribution in [1.82, 2.24) is 10.0 Å². The van der Waals surface area contributed by atoms with Gasteiger partial charge in [-0.1, -0.05) is 17.7 Å². The molecule has 2 saturated carbocycles. The molecule has 3 amide bonds. The lowest BCUT2D eigenvalue weighted by atomic mass is 9.81. The second kappa shape index (κ2) is 11.0. The number of hydrogen-bond acceptors (Lipinski definition) is 9. The molecular weight excluding hydrogens is 590 g/mol. The Morgan fingerprint density at radius 3 is 1.98 bits per heavy atom. The van der Waals surface area contributed by atoms with Crippen molar-refractivity contribution in [3.05, 3.63) is 99.6 Å². The summed E-state index contributed by atoms with van der Waals surface area (Å²) in [6.07, 6.45) is 2.42. The number of fused-ring (bicyclic) bond motifs is 5. The summed E-state index contributed by atoms with van der Waals surface area (Å²) in [5, 5.41) is 12.7. The van der Waals surface area contributed by atoms with Crippen molar-refractivity contribution in [1.29, 1.82) is 0 Å². The van der Waals surface area contributed by atoms with E-state index in [1.807, 2.05) is 6.92 Å². The van der Waals surface area contributed by atoms with Gasteiger partial charge in [0.15, 0.2) is 5.78 Å². The minimum absolute atomic E-state index is 0.0400. The Hall–Kier alpha value is -4.91. The van der Waals surface area contributed by atoms with Crippen molar-refractivity contribution in [2.24, 2.45) is 23.7 Å². The van der Waals surface area contributed by atoms with E-state index in [1.165, 1.54) is 48.5 Å². The summed E-state index contributed by atoms with van der Waals surface area (Å²) in [6, 6.07) is 16.0. The lowest BCUT2D eigenvalue weighted by Gasteiger charge is -2.30. The van der Waals surface area contributed by atoms with Crippen molar-refractivity contribution in [2.75, 3.05) is 6.54 Å². The third-order valence-corrected chi connectivity index (χ3v) is 9.95. The zero-order valence-electron chi connectivity index (χ0n) is 23.5. The van der Waals surface area contributed by atoms with Gasteiger partial charge in [0.05, 0.1) is 16.8 Å².